The number of hydrogen-bond donors (Lipinski definition) is 1. The molecule has 1 aliphatic heterocycles. The van der Waals surface area contributed by atoms with Crippen molar-refractivity contribution < 1.29 is 9.18 Å². The maximum absolute atomic E-state index is 13.9. The van der Waals surface area contributed by atoms with Crippen molar-refractivity contribution >= 4 is 23.0 Å². The van der Waals surface area contributed by atoms with Crippen LogP contribution in [0, 0.1) is 5.82 Å². The van der Waals surface area contributed by atoms with Gasteiger partial charge in [-0.25, -0.2) is 4.39 Å². The second kappa shape index (κ2) is 8.86. The lowest BCUT2D eigenvalue weighted by Gasteiger charge is -2.36. The Bertz CT molecular complexity index is 755. The Labute approximate surface area is 160 Å². The molecule has 0 saturated carbocycles. The first-order valence-electron chi connectivity index (χ1n) is 9.32. The van der Waals surface area contributed by atoms with Crippen molar-refractivity contribution in [3.63, 3.8) is 0 Å². The van der Waals surface area contributed by atoms with E-state index in [1.807, 2.05) is 55.4 Å². The first kappa shape index (κ1) is 19.2. The monoisotopic (exact) mass is 370 g/mol. The molecular formula is C21H27FN4O. The smallest absolute Gasteiger partial charge is 0.225 e. The zero-order chi connectivity index (χ0) is 19.2. The average Bonchev–Trinajstić information content (AvgIpc) is 2.68. The zero-order valence-corrected chi connectivity index (χ0v) is 16.0. The van der Waals surface area contributed by atoms with Gasteiger partial charge in [0.2, 0.25) is 5.91 Å². The fourth-order valence-electron chi connectivity index (χ4n) is 3.25. The van der Waals surface area contributed by atoms with Gasteiger partial charge in [0.05, 0.1) is 5.69 Å². The lowest BCUT2D eigenvalue weighted by Crippen LogP contribution is -2.47. The second-order valence-corrected chi connectivity index (χ2v) is 7.02. The molecule has 1 aliphatic rings. The van der Waals surface area contributed by atoms with Gasteiger partial charge in [-0.2, -0.15) is 0 Å². The molecule has 0 atom stereocenters. The highest BCUT2D eigenvalue weighted by atomic mass is 19.1. The number of carbonyl (C=O) groups excluding carboxylic acids is 1. The third-order valence-corrected chi connectivity index (χ3v) is 4.89. The fourth-order valence-corrected chi connectivity index (χ4v) is 3.25. The van der Waals surface area contributed by atoms with Crippen LogP contribution in [0.3, 0.4) is 0 Å². The summed E-state index contributed by atoms with van der Waals surface area (Å²) in [5.74, 6) is -0.158. The molecule has 0 aliphatic carbocycles. The average molecular weight is 370 g/mol. The molecule has 144 valence electrons. The standard InChI is InChI=1S/C21H27FN4O/c1-24(2)18-9-7-17(8-10-18)23-21(27)11-12-25-13-15-26(16-14-25)20-6-4-3-5-19(20)22/h3-10H,11-16H2,1-2H3,(H,23,27). The maximum atomic E-state index is 13.9. The van der Waals surface area contributed by atoms with Crippen LogP contribution in [0.2, 0.25) is 0 Å². The summed E-state index contributed by atoms with van der Waals surface area (Å²) in [6.07, 6.45) is 0.454. The van der Waals surface area contributed by atoms with Crippen molar-refractivity contribution in [1.29, 1.82) is 0 Å². The van der Waals surface area contributed by atoms with Gasteiger partial charge < -0.3 is 15.1 Å². The van der Waals surface area contributed by atoms with E-state index in [4.69, 9.17) is 0 Å². The predicted octanol–water partition coefficient (Wildman–Crippen LogP) is 3.04. The SMILES string of the molecule is CN(C)c1ccc(NC(=O)CCN2CCN(c3ccccc3F)CC2)cc1. The topological polar surface area (TPSA) is 38.8 Å². The lowest BCUT2D eigenvalue weighted by molar-refractivity contribution is -0.116. The van der Waals surface area contributed by atoms with Crippen LogP contribution in [0.25, 0.3) is 0 Å². The van der Waals surface area contributed by atoms with Gasteiger partial charge in [-0.1, -0.05) is 12.1 Å². The summed E-state index contributed by atoms with van der Waals surface area (Å²) in [6, 6.07) is 14.7. The van der Waals surface area contributed by atoms with Gasteiger partial charge in [0, 0.05) is 64.6 Å². The van der Waals surface area contributed by atoms with Gasteiger partial charge in [0.25, 0.3) is 0 Å². The number of benzene rings is 2. The van der Waals surface area contributed by atoms with E-state index in [2.05, 4.69) is 15.1 Å². The number of amides is 1. The highest BCUT2D eigenvalue weighted by molar-refractivity contribution is 5.91. The summed E-state index contributed by atoms with van der Waals surface area (Å²) < 4.78 is 13.9. The van der Waals surface area contributed by atoms with E-state index in [0.29, 0.717) is 18.7 Å². The first-order chi connectivity index (χ1) is 13.0. The molecule has 1 saturated heterocycles. The number of rotatable bonds is 6. The van der Waals surface area contributed by atoms with E-state index in [9.17, 15) is 9.18 Å². The Balaban J connectivity index is 1.42. The largest absolute Gasteiger partial charge is 0.378 e. The van der Waals surface area contributed by atoms with Gasteiger partial charge in [0.1, 0.15) is 5.82 Å². The Hall–Kier alpha value is -2.60. The Kier molecular flexibility index (Phi) is 6.29. The number of hydrogen-bond acceptors (Lipinski definition) is 4. The van der Waals surface area contributed by atoms with E-state index in [0.717, 1.165) is 37.6 Å². The predicted molar refractivity (Wildman–Crippen MR) is 109 cm³/mol. The lowest BCUT2D eigenvalue weighted by atomic mass is 10.2. The number of carbonyl (C=O) groups is 1. The number of nitrogens with zero attached hydrogens (tertiary/aromatic N) is 3. The molecule has 3 rings (SSSR count). The number of anilines is 3. The molecule has 0 unspecified atom stereocenters. The number of piperazine rings is 1. The van der Waals surface area contributed by atoms with Crippen molar-refractivity contribution in [2.24, 2.45) is 0 Å². The molecular weight excluding hydrogens is 343 g/mol. The Morgan fingerprint density at radius 3 is 2.33 bits per heavy atom. The summed E-state index contributed by atoms with van der Waals surface area (Å²) in [4.78, 5) is 18.5. The molecule has 0 aromatic heterocycles. The molecule has 6 heteroatoms. The fraction of sp³-hybridized carbons (Fsp3) is 0.381. The third kappa shape index (κ3) is 5.20. The van der Waals surface area contributed by atoms with Gasteiger partial charge in [-0.05, 0) is 36.4 Å². The molecule has 1 fully saturated rings. The van der Waals surface area contributed by atoms with Crippen molar-refractivity contribution in [3.8, 4) is 0 Å². The van der Waals surface area contributed by atoms with Crippen LogP contribution in [0.15, 0.2) is 48.5 Å². The molecule has 1 amide bonds. The molecule has 2 aromatic carbocycles. The molecule has 1 N–H and O–H groups in total. The second-order valence-electron chi connectivity index (χ2n) is 7.02. The van der Waals surface area contributed by atoms with E-state index in [1.165, 1.54) is 6.07 Å². The maximum Gasteiger partial charge on any atom is 0.225 e. The van der Waals surface area contributed by atoms with Gasteiger partial charge in [-0.3, -0.25) is 9.69 Å². The summed E-state index contributed by atoms with van der Waals surface area (Å²) in [5, 5.41) is 2.95. The Morgan fingerprint density at radius 2 is 1.70 bits per heavy atom. The van der Waals surface area contributed by atoms with Crippen molar-refractivity contribution in [3.05, 3.63) is 54.3 Å². The van der Waals surface area contributed by atoms with Gasteiger partial charge in [0.15, 0.2) is 0 Å². The summed E-state index contributed by atoms with van der Waals surface area (Å²) >= 11 is 0. The minimum Gasteiger partial charge on any atom is -0.378 e. The highest BCUT2D eigenvalue weighted by Crippen LogP contribution is 2.20. The van der Waals surface area contributed by atoms with Crippen LogP contribution in [-0.4, -0.2) is 57.6 Å². The van der Waals surface area contributed by atoms with E-state index < -0.39 is 0 Å². The molecule has 0 spiro atoms. The number of para-hydroxylation sites is 1. The summed E-state index contributed by atoms with van der Waals surface area (Å²) in [7, 11) is 3.97. The first-order valence-corrected chi connectivity index (χ1v) is 9.32. The minimum absolute atomic E-state index is 0.0177. The normalized spacial score (nSPS) is 14.9. The van der Waals surface area contributed by atoms with E-state index >= 15 is 0 Å². The zero-order valence-electron chi connectivity index (χ0n) is 16.0. The molecule has 0 bridgehead atoms. The van der Waals surface area contributed by atoms with Crippen molar-refractivity contribution in [2.75, 3.05) is 61.9 Å². The number of nitrogens with one attached hydrogen (secondary N) is 1. The van der Waals surface area contributed by atoms with Crippen LogP contribution in [0.4, 0.5) is 21.5 Å². The molecule has 1 heterocycles. The number of halogens is 1. The quantitative estimate of drug-likeness (QED) is 0.848. The molecule has 0 radical (unpaired) electrons. The molecule has 5 nitrogen and oxygen atoms in total. The van der Waals surface area contributed by atoms with Crippen LogP contribution < -0.4 is 15.1 Å². The molecule has 27 heavy (non-hydrogen) atoms. The van der Waals surface area contributed by atoms with Crippen LogP contribution in [0.1, 0.15) is 6.42 Å². The third-order valence-electron chi connectivity index (χ3n) is 4.89. The minimum atomic E-state index is -0.175. The molecule has 2 aromatic rings. The van der Waals surface area contributed by atoms with Crippen molar-refractivity contribution in [1.82, 2.24) is 4.90 Å². The van der Waals surface area contributed by atoms with E-state index in [1.54, 1.807) is 6.07 Å². The highest BCUT2D eigenvalue weighted by Gasteiger charge is 2.19. The van der Waals surface area contributed by atoms with E-state index in [-0.39, 0.29) is 11.7 Å². The van der Waals surface area contributed by atoms with Gasteiger partial charge >= 0.3 is 0 Å². The van der Waals surface area contributed by atoms with Crippen LogP contribution in [0.5, 0.6) is 0 Å². The Morgan fingerprint density at radius 1 is 1.04 bits per heavy atom. The van der Waals surface area contributed by atoms with Crippen molar-refractivity contribution in [2.45, 2.75) is 6.42 Å². The van der Waals surface area contributed by atoms with Crippen LogP contribution in [-0.2, 0) is 4.79 Å². The summed E-state index contributed by atoms with van der Waals surface area (Å²) in [5.41, 5.74) is 2.58. The summed E-state index contributed by atoms with van der Waals surface area (Å²) in [6.45, 7) is 3.92. The van der Waals surface area contributed by atoms with Gasteiger partial charge in [-0.15, -0.1) is 0 Å². The van der Waals surface area contributed by atoms with Crippen LogP contribution >= 0.6 is 0 Å².